The van der Waals surface area contributed by atoms with Crippen molar-refractivity contribution in [3.63, 3.8) is 0 Å². The highest BCUT2D eigenvalue weighted by Crippen LogP contribution is 2.29. The van der Waals surface area contributed by atoms with Crippen LogP contribution in [0.2, 0.25) is 0 Å². The second kappa shape index (κ2) is 11.1. The highest BCUT2D eigenvalue weighted by molar-refractivity contribution is 6.02. The first-order valence-electron chi connectivity index (χ1n) is 11.2. The van der Waals surface area contributed by atoms with E-state index in [4.69, 9.17) is 9.57 Å². The summed E-state index contributed by atoms with van der Waals surface area (Å²) < 4.78 is 5.34. The molecule has 8 heteroatoms. The Hall–Kier alpha value is -4.46. The molecule has 0 spiro atoms. The van der Waals surface area contributed by atoms with Crippen LogP contribution in [0.5, 0.6) is 0 Å². The Morgan fingerprint density at radius 1 is 0.771 bits per heavy atom. The van der Waals surface area contributed by atoms with Crippen LogP contribution >= 0.6 is 0 Å². The third-order valence-corrected chi connectivity index (χ3v) is 5.58. The zero-order valence-electron chi connectivity index (χ0n) is 18.8. The first kappa shape index (κ1) is 23.7. The van der Waals surface area contributed by atoms with Crippen LogP contribution in [-0.4, -0.2) is 35.0 Å². The number of hydrogen-bond donors (Lipinski definition) is 1. The Labute approximate surface area is 202 Å². The molecule has 0 saturated carbocycles. The van der Waals surface area contributed by atoms with Gasteiger partial charge in [0.15, 0.2) is 0 Å². The topological polar surface area (TPSA) is 102 Å². The summed E-state index contributed by atoms with van der Waals surface area (Å²) in [6.07, 6.45) is -0.916. The Morgan fingerprint density at radius 2 is 1.26 bits per heavy atom. The Balaban J connectivity index is 1.63. The molecule has 178 valence electrons. The second-order valence-electron chi connectivity index (χ2n) is 7.97. The predicted octanol–water partition coefficient (Wildman–Crippen LogP) is 3.72. The minimum absolute atomic E-state index is 0.00111. The minimum Gasteiger partial charge on any atom is -0.445 e. The molecule has 0 radical (unpaired) electrons. The van der Waals surface area contributed by atoms with Crippen LogP contribution in [0.3, 0.4) is 0 Å². The molecule has 1 aliphatic heterocycles. The van der Waals surface area contributed by atoms with Gasteiger partial charge in [0.1, 0.15) is 12.6 Å². The van der Waals surface area contributed by atoms with E-state index in [1.54, 1.807) is 12.1 Å². The van der Waals surface area contributed by atoms with Crippen molar-refractivity contribution < 1.29 is 28.8 Å². The quantitative estimate of drug-likeness (QED) is 0.502. The number of carbonyl (C=O) groups excluding carboxylic acids is 4. The Kier molecular flexibility index (Phi) is 7.52. The first-order valence-corrected chi connectivity index (χ1v) is 11.2. The first-order chi connectivity index (χ1) is 17.0. The van der Waals surface area contributed by atoms with Gasteiger partial charge in [0.25, 0.3) is 11.8 Å². The van der Waals surface area contributed by atoms with Gasteiger partial charge < -0.3 is 14.9 Å². The fourth-order valence-electron chi connectivity index (χ4n) is 3.87. The summed E-state index contributed by atoms with van der Waals surface area (Å²) in [5.41, 5.74) is 2.23. The zero-order valence-corrected chi connectivity index (χ0v) is 18.8. The van der Waals surface area contributed by atoms with Gasteiger partial charge in [-0.15, -0.1) is 5.06 Å². The van der Waals surface area contributed by atoms with Crippen molar-refractivity contribution in [3.05, 3.63) is 108 Å². The maximum Gasteiger partial charge on any atom is 0.408 e. The van der Waals surface area contributed by atoms with E-state index in [2.05, 4.69) is 5.32 Å². The average Bonchev–Trinajstić information content (AvgIpc) is 3.21. The number of alkyl carbamates (subject to hydrolysis) is 1. The highest BCUT2D eigenvalue weighted by Gasteiger charge is 2.39. The van der Waals surface area contributed by atoms with Crippen LogP contribution in [0, 0.1) is 0 Å². The molecule has 4 rings (SSSR count). The molecule has 1 unspecified atom stereocenters. The number of nitrogens with one attached hydrogen (secondary N) is 1. The van der Waals surface area contributed by atoms with Crippen LogP contribution in [0.25, 0.3) is 0 Å². The smallest absolute Gasteiger partial charge is 0.408 e. The summed E-state index contributed by atoms with van der Waals surface area (Å²) in [6.45, 7) is -0.00111. The van der Waals surface area contributed by atoms with Crippen molar-refractivity contribution in [2.75, 3.05) is 0 Å². The molecule has 0 aromatic heterocycles. The predicted molar refractivity (Wildman–Crippen MR) is 125 cm³/mol. The molecule has 1 atom stereocenters. The molecule has 1 heterocycles. The lowest BCUT2D eigenvalue weighted by molar-refractivity contribution is -0.199. The van der Waals surface area contributed by atoms with Crippen molar-refractivity contribution in [2.45, 2.75) is 31.4 Å². The maximum absolute atomic E-state index is 13.3. The molecule has 3 aromatic carbocycles. The minimum atomic E-state index is -1.29. The fraction of sp³-hybridized carbons (Fsp3) is 0.185. The third-order valence-electron chi connectivity index (χ3n) is 5.58. The lowest BCUT2D eigenvalue weighted by Crippen LogP contribution is -2.49. The van der Waals surface area contributed by atoms with Crippen molar-refractivity contribution in [3.8, 4) is 0 Å². The van der Waals surface area contributed by atoms with E-state index in [1.807, 2.05) is 78.9 Å². The SMILES string of the molecule is O=C(NC(C(=O)ON1C(=O)CCC1=O)C(c1ccccc1)c1ccccc1)OCc1ccccc1. The van der Waals surface area contributed by atoms with Crippen LogP contribution < -0.4 is 5.32 Å². The van der Waals surface area contributed by atoms with E-state index < -0.39 is 35.8 Å². The molecule has 1 aliphatic rings. The number of hydroxylamine groups is 2. The van der Waals surface area contributed by atoms with Gasteiger partial charge >= 0.3 is 12.1 Å². The van der Waals surface area contributed by atoms with Crippen molar-refractivity contribution in [1.29, 1.82) is 0 Å². The van der Waals surface area contributed by atoms with Crippen LogP contribution in [0.4, 0.5) is 4.79 Å². The van der Waals surface area contributed by atoms with E-state index in [-0.39, 0.29) is 19.4 Å². The van der Waals surface area contributed by atoms with E-state index in [0.717, 1.165) is 16.7 Å². The molecule has 1 saturated heterocycles. The molecule has 0 aliphatic carbocycles. The lowest BCUT2D eigenvalue weighted by atomic mass is 9.85. The third kappa shape index (κ3) is 5.92. The van der Waals surface area contributed by atoms with Crippen LogP contribution in [-0.2, 0) is 30.6 Å². The summed E-state index contributed by atoms with van der Waals surface area (Å²) in [5, 5.41) is 3.07. The van der Waals surface area contributed by atoms with E-state index in [9.17, 15) is 19.2 Å². The summed E-state index contributed by atoms with van der Waals surface area (Å²) in [7, 11) is 0. The molecule has 3 amide bonds. The molecular formula is C27H24N2O6. The summed E-state index contributed by atoms with van der Waals surface area (Å²) in [4.78, 5) is 55.4. The molecule has 0 bridgehead atoms. The number of nitrogens with zero attached hydrogens (tertiary/aromatic N) is 1. The number of amides is 3. The van der Waals surface area contributed by atoms with Crippen molar-refractivity contribution in [1.82, 2.24) is 10.4 Å². The summed E-state index contributed by atoms with van der Waals surface area (Å²) >= 11 is 0. The largest absolute Gasteiger partial charge is 0.445 e. The van der Waals surface area contributed by atoms with Crippen molar-refractivity contribution >= 4 is 23.9 Å². The zero-order chi connectivity index (χ0) is 24.6. The maximum atomic E-state index is 13.3. The monoisotopic (exact) mass is 472 g/mol. The number of rotatable bonds is 8. The van der Waals surface area contributed by atoms with Gasteiger partial charge in [-0.2, -0.15) is 0 Å². The summed E-state index contributed by atoms with van der Waals surface area (Å²) in [5.74, 6) is -2.85. The lowest BCUT2D eigenvalue weighted by Gasteiger charge is -2.28. The van der Waals surface area contributed by atoms with Crippen LogP contribution in [0.15, 0.2) is 91.0 Å². The van der Waals surface area contributed by atoms with Gasteiger partial charge in [0.2, 0.25) is 0 Å². The molecule has 1 fully saturated rings. The van der Waals surface area contributed by atoms with E-state index in [1.165, 1.54) is 0 Å². The molecule has 3 aromatic rings. The van der Waals surface area contributed by atoms with E-state index in [0.29, 0.717) is 5.06 Å². The van der Waals surface area contributed by atoms with Crippen molar-refractivity contribution in [2.24, 2.45) is 0 Å². The molecule has 35 heavy (non-hydrogen) atoms. The number of benzene rings is 3. The highest BCUT2D eigenvalue weighted by atomic mass is 16.7. The van der Waals surface area contributed by atoms with Gasteiger partial charge in [-0.05, 0) is 16.7 Å². The Bertz CT molecular complexity index is 1130. The van der Waals surface area contributed by atoms with Gasteiger partial charge in [0, 0.05) is 18.8 Å². The number of carbonyl (C=O) groups is 4. The summed E-state index contributed by atoms with van der Waals surface area (Å²) in [6, 6.07) is 26.0. The van der Waals surface area contributed by atoms with Gasteiger partial charge in [-0.25, -0.2) is 9.59 Å². The normalized spacial score (nSPS) is 14.0. The van der Waals surface area contributed by atoms with E-state index >= 15 is 0 Å². The average molecular weight is 472 g/mol. The van der Waals surface area contributed by atoms with Gasteiger partial charge in [-0.1, -0.05) is 91.0 Å². The number of ether oxygens (including phenoxy) is 1. The number of imide groups is 1. The van der Waals surface area contributed by atoms with Gasteiger partial charge in [-0.3, -0.25) is 9.59 Å². The fourth-order valence-corrected chi connectivity index (χ4v) is 3.87. The van der Waals surface area contributed by atoms with Crippen LogP contribution in [0.1, 0.15) is 35.4 Å². The standard InChI is InChI=1S/C27H24N2O6/c30-22-16-17-23(31)29(22)35-26(32)25(28-27(33)34-18-19-10-4-1-5-11-19)24(20-12-6-2-7-13-20)21-14-8-3-9-15-21/h1-15,24-25H,16-18H2,(H,28,33). The Morgan fingerprint density at radius 3 is 1.77 bits per heavy atom. The second-order valence-corrected chi connectivity index (χ2v) is 7.97. The molecule has 1 N–H and O–H groups in total. The van der Waals surface area contributed by atoms with Gasteiger partial charge in [0.05, 0.1) is 0 Å². The number of hydrogen-bond acceptors (Lipinski definition) is 6. The molecular weight excluding hydrogens is 448 g/mol. The molecule has 8 nitrogen and oxygen atoms in total.